The third kappa shape index (κ3) is 3.76. The lowest BCUT2D eigenvalue weighted by molar-refractivity contribution is 0.411. The van der Waals surface area contributed by atoms with E-state index >= 15 is 0 Å². The Morgan fingerprint density at radius 2 is 1.69 bits per heavy atom. The molecule has 5 aromatic rings. The van der Waals surface area contributed by atoms with Crippen LogP contribution in [0.3, 0.4) is 0 Å². The Hall–Kier alpha value is -3.91. The SMILES string of the molecule is COc1ccccc1-n1c(SCc2nnc(-c3ccccc3)o2)nc2ccccc2c1=O. The molecule has 8 heteroatoms. The van der Waals surface area contributed by atoms with Crippen LogP contribution in [0.15, 0.2) is 93.2 Å². The van der Waals surface area contributed by atoms with Crippen LogP contribution in [0.2, 0.25) is 0 Å². The largest absolute Gasteiger partial charge is 0.495 e. The van der Waals surface area contributed by atoms with Crippen LogP contribution in [0.4, 0.5) is 0 Å². The van der Waals surface area contributed by atoms with E-state index in [1.807, 2.05) is 72.8 Å². The molecule has 0 N–H and O–H groups in total. The number of nitrogens with zero attached hydrogens (tertiary/aromatic N) is 4. The molecule has 0 spiro atoms. The van der Waals surface area contributed by atoms with Gasteiger partial charge in [-0.2, -0.15) is 0 Å². The number of benzene rings is 3. The summed E-state index contributed by atoms with van der Waals surface area (Å²) in [7, 11) is 1.58. The average Bonchev–Trinajstić information content (AvgIpc) is 3.33. The lowest BCUT2D eigenvalue weighted by atomic mass is 10.2. The highest BCUT2D eigenvalue weighted by Gasteiger charge is 2.17. The molecular formula is C24H18N4O3S. The van der Waals surface area contributed by atoms with Crippen LogP contribution < -0.4 is 10.3 Å². The van der Waals surface area contributed by atoms with Gasteiger partial charge in [0.25, 0.3) is 5.56 Å². The lowest BCUT2D eigenvalue weighted by Gasteiger charge is -2.15. The first-order chi connectivity index (χ1) is 15.7. The van der Waals surface area contributed by atoms with Gasteiger partial charge < -0.3 is 9.15 Å². The first-order valence-electron chi connectivity index (χ1n) is 9.90. The fourth-order valence-corrected chi connectivity index (χ4v) is 4.21. The summed E-state index contributed by atoms with van der Waals surface area (Å²) in [5.74, 6) is 1.84. The van der Waals surface area contributed by atoms with E-state index in [0.29, 0.717) is 45.0 Å². The van der Waals surface area contributed by atoms with Gasteiger partial charge in [-0.1, -0.05) is 54.2 Å². The summed E-state index contributed by atoms with van der Waals surface area (Å²) in [4.78, 5) is 18.2. The second-order valence-corrected chi connectivity index (χ2v) is 7.82. The van der Waals surface area contributed by atoms with Gasteiger partial charge in [0.05, 0.1) is 29.5 Å². The second kappa shape index (κ2) is 8.68. The first-order valence-corrected chi connectivity index (χ1v) is 10.9. The average molecular weight is 443 g/mol. The summed E-state index contributed by atoms with van der Waals surface area (Å²) >= 11 is 1.35. The molecule has 2 heterocycles. The summed E-state index contributed by atoms with van der Waals surface area (Å²) < 4.78 is 12.9. The number of ether oxygens (including phenoxy) is 1. The number of hydrogen-bond donors (Lipinski definition) is 0. The molecule has 3 aromatic carbocycles. The topological polar surface area (TPSA) is 83.0 Å². The van der Waals surface area contributed by atoms with Gasteiger partial charge >= 0.3 is 0 Å². The van der Waals surface area contributed by atoms with Crippen molar-refractivity contribution in [3.63, 3.8) is 0 Å². The van der Waals surface area contributed by atoms with Gasteiger partial charge in [-0.05, 0) is 36.4 Å². The third-order valence-electron chi connectivity index (χ3n) is 4.88. The lowest BCUT2D eigenvalue weighted by Crippen LogP contribution is -2.22. The monoisotopic (exact) mass is 442 g/mol. The van der Waals surface area contributed by atoms with Crippen molar-refractivity contribution in [2.24, 2.45) is 0 Å². The van der Waals surface area contributed by atoms with Gasteiger partial charge in [0.1, 0.15) is 5.75 Å². The number of methoxy groups -OCH3 is 1. The smallest absolute Gasteiger partial charge is 0.266 e. The van der Waals surface area contributed by atoms with Crippen molar-refractivity contribution < 1.29 is 9.15 Å². The number of aromatic nitrogens is 4. The van der Waals surface area contributed by atoms with E-state index in [0.717, 1.165) is 5.56 Å². The molecular weight excluding hydrogens is 424 g/mol. The summed E-state index contributed by atoms with van der Waals surface area (Å²) in [5, 5.41) is 9.33. The Balaban J connectivity index is 1.55. The molecule has 5 rings (SSSR count). The highest BCUT2D eigenvalue weighted by atomic mass is 32.2. The fraction of sp³-hybridized carbons (Fsp3) is 0.0833. The van der Waals surface area contributed by atoms with Crippen molar-refractivity contribution in [1.82, 2.24) is 19.7 Å². The number of rotatable bonds is 6. The predicted molar refractivity (Wildman–Crippen MR) is 123 cm³/mol. The van der Waals surface area contributed by atoms with Crippen molar-refractivity contribution in [3.8, 4) is 22.9 Å². The molecule has 0 fully saturated rings. The number of thioether (sulfide) groups is 1. The molecule has 0 bridgehead atoms. The molecule has 2 aromatic heterocycles. The molecule has 0 saturated heterocycles. The van der Waals surface area contributed by atoms with E-state index in [9.17, 15) is 4.79 Å². The van der Waals surface area contributed by atoms with E-state index in [4.69, 9.17) is 14.1 Å². The molecule has 0 unspecified atom stereocenters. The number of para-hydroxylation sites is 3. The molecule has 0 aliphatic carbocycles. The van der Waals surface area contributed by atoms with Crippen LogP contribution in [0.1, 0.15) is 5.89 Å². The Morgan fingerprint density at radius 1 is 0.938 bits per heavy atom. The maximum atomic E-state index is 13.4. The molecule has 0 atom stereocenters. The minimum atomic E-state index is -0.168. The Bertz CT molecular complexity index is 1450. The summed E-state index contributed by atoms with van der Waals surface area (Å²) in [5.41, 5.74) is 1.93. The highest BCUT2D eigenvalue weighted by Crippen LogP contribution is 2.29. The second-order valence-electron chi connectivity index (χ2n) is 6.88. The van der Waals surface area contributed by atoms with Crippen molar-refractivity contribution in [2.75, 3.05) is 7.11 Å². The maximum absolute atomic E-state index is 13.4. The van der Waals surface area contributed by atoms with Crippen molar-refractivity contribution in [3.05, 3.63) is 95.1 Å². The summed E-state index contributed by atoms with van der Waals surface area (Å²) in [6, 6.07) is 24.2. The predicted octanol–water partition coefficient (Wildman–Crippen LogP) is 4.74. The number of hydrogen-bond acceptors (Lipinski definition) is 7. The Labute approximate surface area is 187 Å². The van der Waals surface area contributed by atoms with E-state index in [-0.39, 0.29) is 5.56 Å². The fourth-order valence-electron chi connectivity index (χ4n) is 3.37. The Morgan fingerprint density at radius 3 is 2.53 bits per heavy atom. The molecule has 0 saturated carbocycles. The normalized spacial score (nSPS) is 11.0. The van der Waals surface area contributed by atoms with Gasteiger partial charge in [0, 0.05) is 5.56 Å². The molecule has 0 amide bonds. The number of fused-ring (bicyclic) bond motifs is 1. The van der Waals surface area contributed by atoms with Gasteiger partial charge in [0.2, 0.25) is 11.8 Å². The van der Waals surface area contributed by atoms with Crippen LogP contribution in [0, 0.1) is 0 Å². The van der Waals surface area contributed by atoms with Crippen molar-refractivity contribution in [2.45, 2.75) is 10.9 Å². The molecule has 158 valence electrons. The van der Waals surface area contributed by atoms with Crippen LogP contribution in [-0.4, -0.2) is 26.9 Å². The van der Waals surface area contributed by atoms with Crippen LogP contribution in [0.25, 0.3) is 28.0 Å². The van der Waals surface area contributed by atoms with Gasteiger partial charge in [-0.15, -0.1) is 10.2 Å². The zero-order valence-electron chi connectivity index (χ0n) is 17.1. The van der Waals surface area contributed by atoms with Crippen LogP contribution >= 0.6 is 11.8 Å². The standard InChI is InChI=1S/C24H18N4O3S/c1-30-20-14-8-7-13-19(20)28-23(29)17-11-5-6-12-18(17)25-24(28)32-15-21-26-27-22(31-21)16-9-3-2-4-10-16/h2-14H,15H2,1H3. The highest BCUT2D eigenvalue weighted by molar-refractivity contribution is 7.98. The molecule has 0 aliphatic heterocycles. The third-order valence-corrected chi connectivity index (χ3v) is 5.81. The first kappa shape index (κ1) is 20.0. The zero-order valence-corrected chi connectivity index (χ0v) is 18.0. The maximum Gasteiger partial charge on any atom is 0.266 e. The minimum Gasteiger partial charge on any atom is -0.495 e. The molecule has 0 radical (unpaired) electrons. The van der Waals surface area contributed by atoms with E-state index in [2.05, 4.69) is 10.2 Å². The Kier molecular flexibility index (Phi) is 5.43. The quantitative estimate of drug-likeness (QED) is 0.277. The van der Waals surface area contributed by atoms with E-state index in [1.165, 1.54) is 11.8 Å². The molecule has 7 nitrogen and oxygen atoms in total. The van der Waals surface area contributed by atoms with Gasteiger partial charge in [-0.3, -0.25) is 9.36 Å². The zero-order chi connectivity index (χ0) is 21.9. The molecule has 0 aliphatic rings. The van der Waals surface area contributed by atoms with E-state index < -0.39 is 0 Å². The van der Waals surface area contributed by atoms with E-state index in [1.54, 1.807) is 17.7 Å². The van der Waals surface area contributed by atoms with Gasteiger partial charge in [0.15, 0.2) is 5.16 Å². The minimum absolute atomic E-state index is 0.168. The molecule has 32 heavy (non-hydrogen) atoms. The van der Waals surface area contributed by atoms with Crippen LogP contribution in [0.5, 0.6) is 5.75 Å². The van der Waals surface area contributed by atoms with Gasteiger partial charge in [-0.25, -0.2) is 4.98 Å². The van der Waals surface area contributed by atoms with Crippen LogP contribution in [-0.2, 0) is 5.75 Å². The van der Waals surface area contributed by atoms with Crippen molar-refractivity contribution >= 4 is 22.7 Å². The summed E-state index contributed by atoms with van der Waals surface area (Å²) in [6.45, 7) is 0. The summed E-state index contributed by atoms with van der Waals surface area (Å²) in [6.07, 6.45) is 0. The van der Waals surface area contributed by atoms with Crippen molar-refractivity contribution in [1.29, 1.82) is 0 Å².